The number of hydrogen-bond acceptors (Lipinski definition) is 7. The minimum absolute atomic E-state index is 0.00129. The monoisotopic (exact) mass is 420 g/mol. The first kappa shape index (κ1) is 22.1. The smallest absolute Gasteiger partial charge is 0.311 e. The second kappa shape index (κ2) is 9.84. The molecular weight excluding hydrogens is 396 g/mol. The van der Waals surface area contributed by atoms with Crippen LogP contribution in [0.25, 0.3) is 0 Å². The first-order valence-corrected chi connectivity index (χ1v) is 10.7. The van der Waals surface area contributed by atoms with Crippen molar-refractivity contribution in [1.29, 1.82) is 0 Å². The molecule has 1 aromatic heterocycles. The average molecular weight is 421 g/mol. The lowest BCUT2D eigenvalue weighted by molar-refractivity contribution is -0.142. The molecule has 2 aromatic rings. The summed E-state index contributed by atoms with van der Waals surface area (Å²) in [7, 11) is 0. The fraction of sp³-hybridized carbons (Fsp3) is 0.400. The van der Waals surface area contributed by atoms with Crippen LogP contribution in [0.5, 0.6) is 0 Å². The summed E-state index contributed by atoms with van der Waals surface area (Å²) in [5.74, 6) is -1.08. The van der Waals surface area contributed by atoms with Gasteiger partial charge in [-0.05, 0) is 30.0 Å². The quantitative estimate of drug-likeness (QED) is 0.544. The van der Waals surface area contributed by atoms with Crippen LogP contribution in [-0.2, 0) is 26.2 Å². The topological polar surface area (TPSA) is 85.4 Å². The van der Waals surface area contributed by atoms with E-state index in [0.717, 1.165) is 5.56 Å². The second-order valence-corrected chi connectivity index (χ2v) is 9.16. The molecule has 0 saturated carbocycles. The molecule has 1 heterocycles. The van der Waals surface area contributed by atoms with Gasteiger partial charge < -0.3 is 4.74 Å². The summed E-state index contributed by atoms with van der Waals surface area (Å²) in [5.41, 5.74) is 2.17. The van der Waals surface area contributed by atoms with Gasteiger partial charge in [0, 0.05) is 10.9 Å². The van der Waals surface area contributed by atoms with E-state index in [4.69, 9.17) is 4.74 Å². The Hall–Kier alpha value is -2.19. The summed E-state index contributed by atoms with van der Waals surface area (Å²) >= 11 is 2.57. The maximum Gasteiger partial charge on any atom is 0.311 e. The third kappa shape index (κ3) is 6.76. The van der Waals surface area contributed by atoms with E-state index in [-0.39, 0.29) is 23.6 Å². The van der Waals surface area contributed by atoms with Gasteiger partial charge in [0.25, 0.3) is 5.91 Å². The molecule has 0 saturated heterocycles. The average Bonchev–Trinajstić information content (AvgIpc) is 3.07. The zero-order chi connectivity index (χ0) is 20.7. The molecule has 8 heteroatoms. The van der Waals surface area contributed by atoms with Gasteiger partial charge >= 0.3 is 5.97 Å². The number of ether oxygens (including phenoxy) is 1. The molecule has 0 bridgehead atoms. The van der Waals surface area contributed by atoms with Gasteiger partial charge in [-0.25, -0.2) is 4.98 Å². The van der Waals surface area contributed by atoms with Gasteiger partial charge in [-0.2, -0.15) is 0 Å². The number of carbonyl (C=O) groups excluding carboxylic acids is 3. The van der Waals surface area contributed by atoms with Crippen LogP contribution in [0.3, 0.4) is 0 Å². The van der Waals surface area contributed by atoms with Crippen molar-refractivity contribution in [2.45, 2.75) is 43.9 Å². The van der Waals surface area contributed by atoms with E-state index in [0.29, 0.717) is 22.2 Å². The van der Waals surface area contributed by atoms with E-state index >= 15 is 0 Å². The van der Waals surface area contributed by atoms with Crippen LogP contribution in [0.4, 0.5) is 0 Å². The van der Waals surface area contributed by atoms with Gasteiger partial charge in [0.05, 0.1) is 24.5 Å². The summed E-state index contributed by atoms with van der Waals surface area (Å²) in [6.45, 7) is 8.37. The Morgan fingerprint density at radius 2 is 1.86 bits per heavy atom. The Morgan fingerprint density at radius 1 is 1.18 bits per heavy atom. The van der Waals surface area contributed by atoms with E-state index in [1.54, 1.807) is 24.4 Å². The number of hydrogen-bond donors (Lipinski definition) is 1. The van der Waals surface area contributed by atoms with Crippen molar-refractivity contribution in [3.63, 3.8) is 0 Å². The molecule has 0 aliphatic carbocycles. The van der Waals surface area contributed by atoms with E-state index in [9.17, 15) is 14.4 Å². The van der Waals surface area contributed by atoms with E-state index in [1.165, 1.54) is 23.1 Å². The minimum atomic E-state index is -0.423. The third-order valence-corrected chi connectivity index (χ3v) is 5.82. The van der Waals surface area contributed by atoms with E-state index in [1.807, 2.05) is 12.1 Å². The molecule has 0 radical (unpaired) electrons. The lowest BCUT2D eigenvalue weighted by Gasteiger charge is -2.18. The van der Waals surface area contributed by atoms with Gasteiger partial charge in [0.1, 0.15) is 0 Å². The standard InChI is InChI=1S/C20H24N2O4S2/c1-5-26-17(24)10-15-11-27-19(21-15)28-12-16(23)22-18(25)13-6-8-14(9-7-13)20(2,3)4/h6-9,11H,5,10,12H2,1-4H3,(H,22,23,25). The first-order valence-electron chi connectivity index (χ1n) is 8.86. The van der Waals surface area contributed by atoms with Crippen molar-refractivity contribution in [2.75, 3.05) is 12.4 Å². The molecule has 6 nitrogen and oxygen atoms in total. The molecule has 1 aromatic carbocycles. The molecule has 0 atom stereocenters. The van der Waals surface area contributed by atoms with Crippen molar-refractivity contribution in [1.82, 2.24) is 10.3 Å². The number of nitrogens with zero attached hydrogens (tertiary/aromatic N) is 1. The molecule has 0 spiro atoms. The summed E-state index contributed by atoms with van der Waals surface area (Å²) < 4.78 is 5.55. The molecular formula is C20H24N2O4S2. The zero-order valence-electron chi connectivity index (χ0n) is 16.4. The van der Waals surface area contributed by atoms with Crippen LogP contribution in [0.15, 0.2) is 34.0 Å². The SMILES string of the molecule is CCOC(=O)Cc1csc(SCC(=O)NC(=O)c2ccc(C(C)(C)C)cc2)n1. The number of nitrogens with one attached hydrogen (secondary N) is 1. The second-order valence-electron chi connectivity index (χ2n) is 7.08. The number of benzene rings is 1. The molecule has 0 unspecified atom stereocenters. The fourth-order valence-electron chi connectivity index (χ4n) is 2.28. The zero-order valence-corrected chi connectivity index (χ0v) is 18.0. The highest BCUT2D eigenvalue weighted by molar-refractivity contribution is 8.01. The van der Waals surface area contributed by atoms with Crippen molar-refractivity contribution in [3.05, 3.63) is 46.5 Å². The summed E-state index contributed by atoms with van der Waals surface area (Å²) in [6.07, 6.45) is 0.111. The first-order chi connectivity index (χ1) is 13.2. The molecule has 2 rings (SSSR count). The van der Waals surface area contributed by atoms with Gasteiger partial charge in [0.15, 0.2) is 4.34 Å². The molecule has 1 N–H and O–H groups in total. The minimum Gasteiger partial charge on any atom is -0.466 e. The lowest BCUT2D eigenvalue weighted by Crippen LogP contribution is -2.31. The highest BCUT2D eigenvalue weighted by atomic mass is 32.2. The number of amides is 2. The van der Waals surface area contributed by atoms with Gasteiger partial charge in [-0.15, -0.1) is 11.3 Å². The largest absolute Gasteiger partial charge is 0.466 e. The van der Waals surface area contributed by atoms with Gasteiger partial charge in [-0.3, -0.25) is 19.7 Å². The van der Waals surface area contributed by atoms with Crippen LogP contribution < -0.4 is 5.32 Å². The number of rotatable bonds is 7. The van der Waals surface area contributed by atoms with Crippen molar-refractivity contribution in [3.8, 4) is 0 Å². The van der Waals surface area contributed by atoms with Gasteiger partial charge in [0.2, 0.25) is 5.91 Å². The Labute approximate surface area is 173 Å². The number of esters is 1. The molecule has 2 amide bonds. The maximum atomic E-state index is 12.2. The Balaban J connectivity index is 1.83. The van der Waals surface area contributed by atoms with Crippen LogP contribution >= 0.6 is 23.1 Å². The summed E-state index contributed by atoms with van der Waals surface area (Å²) in [6, 6.07) is 7.24. The van der Waals surface area contributed by atoms with Crippen molar-refractivity contribution in [2.24, 2.45) is 0 Å². The maximum absolute atomic E-state index is 12.2. The van der Waals surface area contributed by atoms with E-state index in [2.05, 4.69) is 31.1 Å². The molecule has 28 heavy (non-hydrogen) atoms. The number of carbonyl (C=O) groups is 3. The predicted octanol–water partition coefficient (Wildman–Crippen LogP) is 3.59. The molecule has 0 aliphatic heterocycles. The summed E-state index contributed by atoms with van der Waals surface area (Å²) in [5, 5.41) is 4.15. The number of thioether (sulfide) groups is 1. The van der Waals surface area contributed by atoms with Crippen LogP contribution in [0, 0.1) is 0 Å². The van der Waals surface area contributed by atoms with Crippen molar-refractivity contribution < 1.29 is 19.1 Å². The van der Waals surface area contributed by atoms with Crippen LogP contribution in [0.2, 0.25) is 0 Å². The lowest BCUT2D eigenvalue weighted by atomic mass is 9.87. The van der Waals surface area contributed by atoms with Crippen LogP contribution in [0.1, 0.15) is 49.3 Å². The molecule has 0 aliphatic rings. The Morgan fingerprint density at radius 3 is 2.46 bits per heavy atom. The fourth-order valence-corrected chi connectivity index (χ4v) is 3.92. The number of aromatic nitrogens is 1. The van der Waals surface area contributed by atoms with E-state index < -0.39 is 11.8 Å². The highest BCUT2D eigenvalue weighted by Gasteiger charge is 2.16. The molecule has 150 valence electrons. The summed E-state index contributed by atoms with van der Waals surface area (Å²) in [4.78, 5) is 40.0. The van der Waals surface area contributed by atoms with Gasteiger partial charge in [-0.1, -0.05) is 44.7 Å². The number of thiazole rings is 1. The van der Waals surface area contributed by atoms with Crippen LogP contribution in [-0.4, -0.2) is 35.1 Å². The molecule has 0 fully saturated rings. The normalized spacial score (nSPS) is 11.1. The predicted molar refractivity (Wildman–Crippen MR) is 111 cm³/mol. The number of imide groups is 1. The third-order valence-electron chi connectivity index (χ3n) is 3.75. The Bertz CT molecular complexity index is 839. The Kier molecular flexibility index (Phi) is 7.77. The highest BCUT2D eigenvalue weighted by Crippen LogP contribution is 2.23. The van der Waals surface area contributed by atoms with Crippen molar-refractivity contribution >= 4 is 40.9 Å².